The lowest BCUT2D eigenvalue weighted by Crippen LogP contribution is -2.09. The Labute approximate surface area is 172 Å². The van der Waals surface area contributed by atoms with Gasteiger partial charge in [-0.1, -0.05) is 0 Å². The maximum atomic E-state index is 9.10. The van der Waals surface area contributed by atoms with Crippen molar-refractivity contribution >= 4 is 34.6 Å². The van der Waals surface area contributed by atoms with Crippen molar-refractivity contribution in [3.05, 3.63) is 32.2 Å². The lowest BCUT2D eigenvalue weighted by atomic mass is 10.3. The van der Waals surface area contributed by atoms with Crippen LogP contribution < -0.4 is 10.6 Å². The molecule has 0 bridgehead atoms. The van der Waals surface area contributed by atoms with Gasteiger partial charge < -0.3 is 31.8 Å². The van der Waals surface area contributed by atoms with E-state index in [1.165, 1.54) is 21.1 Å². The van der Waals surface area contributed by atoms with Crippen LogP contribution >= 0.6 is 22.7 Å². The summed E-state index contributed by atoms with van der Waals surface area (Å²) in [5.74, 6) is -3.65. The van der Waals surface area contributed by atoms with Crippen LogP contribution in [0.3, 0.4) is 0 Å². The molecule has 8 N–H and O–H groups in total. The average Bonchev–Trinajstić information content (AvgIpc) is 3.20. The van der Waals surface area contributed by atoms with E-state index in [0.29, 0.717) is 0 Å². The summed E-state index contributed by atoms with van der Waals surface area (Å²) in [5.41, 5.74) is 6.17. The van der Waals surface area contributed by atoms with Crippen molar-refractivity contribution in [1.82, 2.24) is 20.6 Å². The third-order valence-electron chi connectivity index (χ3n) is 3.08. The summed E-state index contributed by atoms with van der Waals surface area (Å²) in [6, 6.07) is 0. The zero-order valence-corrected chi connectivity index (χ0v) is 18.0. The average molecular weight is 439 g/mol. The molecule has 10 nitrogen and oxygen atoms in total. The second-order valence-corrected chi connectivity index (χ2v) is 6.92. The number of nitrogens with one attached hydrogen (secondary N) is 2. The first-order valence-electron chi connectivity index (χ1n) is 7.86. The Morgan fingerprint density at radius 1 is 0.857 bits per heavy atom. The molecule has 12 heteroatoms. The Hall–Kier alpha value is -1.96. The van der Waals surface area contributed by atoms with Crippen LogP contribution in [-0.4, -0.2) is 70.3 Å². The molecule has 2 aromatic heterocycles. The number of thiazole rings is 2. The quantitative estimate of drug-likeness (QED) is 0.451. The van der Waals surface area contributed by atoms with Gasteiger partial charge in [-0.2, -0.15) is 0 Å². The molecule has 0 unspecified atom stereocenters. The second-order valence-electron chi connectivity index (χ2n) is 5.04. The van der Waals surface area contributed by atoms with E-state index in [1.54, 1.807) is 22.7 Å². The zero-order valence-electron chi connectivity index (χ0n) is 16.4. The number of carbonyl (C=O) groups is 2. The van der Waals surface area contributed by atoms with Crippen LogP contribution in [0.1, 0.15) is 21.1 Å². The van der Waals surface area contributed by atoms with E-state index in [0.717, 1.165) is 25.9 Å². The minimum atomic E-state index is -1.82. The van der Waals surface area contributed by atoms with E-state index >= 15 is 0 Å². The maximum absolute atomic E-state index is 9.10. The molecule has 0 aliphatic carbocycles. The topological polar surface area (TPSA) is 187 Å². The molecule has 0 aromatic carbocycles. The molecular weight excluding hydrogens is 408 g/mol. The molecule has 0 spiro atoms. The number of aliphatic carboxylic acids is 2. The number of nitrogens with zero attached hydrogens (tertiary/aromatic N) is 2. The van der Waals surface area contributed by atoms with Crippen LogP contribution in [-0.2, 0) is 22.4 Å². The van der Waals surface area contributed by atoms with Crippen molar-refractivity contribution in [1.29, 1.82) is 0 Å². The Morgan fingerprint density at radius 3 is 1.36 bits per heavy atom. The number of rotatable bonds is 6. The number of aryl methyl sites for hydroxylation is 2. The van der Waals surface area contributed by atoms with Crippen LogP contribution in [0.5, 0.6) is 0 Å². The standard InChI is InChI=1S/2C7H12N2S.C2H2O4.2H2O/c2*1-6-7(3-4-8-2)10-5-9-6;3-1(4)2(5)6;;/h2*5,8H,3-4H2,1-2H3;(H,3,4)(H,5,6);2*1H2. The van der Waals surface area contributed by atoms with Gasteiger partial charge in [0.1, 0.15) is 0 Å². The summed E-state index contributed by atoms with van der Waals surface area (Å²) in [4.78, 5) is 29.3. The fourth-order valence-corrected chi connectivity index (χ4v) is 3.17. The van der Waals surface area contributed by atoms with Gasteiger partial charge in [0.25, 0.3) is 0 Å². The van der Waals surface area contributed by atoms with Gasteiger partial charge in [0.05, 0.1) is 22.4 Å². The molecule has 0 saturated carbocycles. The van der Waals surface area contributed by atoms with Crippen LogP contribution in [0.25, 0.3) is 0 Å². The van der Waals surface area contributed by atoms with Crippen molar-refractivity contribution in [2.45, 2.75) is 26.7 Å². The largest absolute Gasteiger partial charge is 0.473 e. The maximum Gasteiger partial charge on any atom is 0.414 e. The molecule has 0 amide bonds. The van der Waals surface area contributed by atoms with Crippen molar-refractivity contribution in [3.63, 3.8) is 0 Å². The number of carboxylic acids is 2. The highest BCUT2D eigenvalue weighted by molar-refractivity contribution is 7.10. The molecule has 162 valence electrons. The third-order valence-corrected chi connectivity index (χ3v) is 5.07. The van der Waals surface area contributed by atoms with Crippen LogP contribution in [0.2, 0.25) is 0 Å². The van der Waals surface area contributed by atoms with Crippen LogP contribution in [0.4, 0.5) is 0 Å². The molecule has 0 fully saturated rings. The molecule has 28 heavy (non-hydrogen) atoms. The van der Waals surface area contributed by atoms with Crippen molar-refractivity contribution < 1.29 is 30.8 Å². The summed E-state index contributed by atoms with van der Waals surface area (Å²) in [5, 5.41) is 21.0. The molecule has 2 aromatic rings. The SMILES string of the molecule is CNCCc1scnc1C.CNCCc1scnc1C.O.O.O=C(O)C(=O)O. The smallest absolute Gasteiger partial charge is 0.414 e. The Morgan fingerprint density at radius 2 is 1.18 bits per heavy atom. The predicted molar refractivity (Wildman–Crippen MR) is 111 cm³/mol. The summed E-state index contributed by atoms with van der Waals surface area (Å²) in [6.07, 6.45) is 2.21. The summed E-state index contributed by atoms with van der Waals surface area (Å²) < 4.78 is 0. The first kappa shape index (κ1) is 30.8. The molecule has 0 aliphatic rings. The van der Waals surface area contributed by atoms with E-state index < -0.39 is 11.9 Å². The Bertz CT molecular complexity index is 607. The molecule has 0 aliphatic heterocycles. The number of likely N-dealkylation sites (N-methyl/N-ethyl adjacent to an activating group) is 2. The molecular formula is C16H30N4O6S2. The number of aromatic nitrogens is 2. The van der Waals surface area contributed by atoms with E-state index in [1.807, 2.05) is 25.1 Å². The highest BCUT2D eigenvalue weighted by Gasteiger charge is 2.04. The first-order valence-corrected chi connectivity index (χ1v) is 9.62. The van der Waals surface area contributed by atoms with Crippen molar-refractivity contribution in [2.75, 3.05) is 27.2 Å². The highest BCUT2D eigenvalue weighted by atomic mass is 32.1. The molecule has 0 atom stereocenters. The third kappa shape index (κ3) is 14.1. The molecule has 0 saturated heterocycles. The fourth-order valence-electron chi connectivity index (χ4n) is 1.61. The van der Waals surface area contributed by atoms with Gasteiger partial charge in [0.15, 0.2) is 0 Å². The van der Waals surface area contributed by atoms with Crippen LogP contribution in [0.15, 0.2) is 11.0 Å². The Kier molecular flexibility index (Phi) is 20.2. The normalized spacial score (nSPS) is 8.86. The molecule has 0 radical (unpaired) electrons. The minimum Gasteiger partial charge on any atom is -0.473 e. The van der Waals surface area contributed by atoms with Gasteiger partial charge >= 0.3 is 11.9 Å². The first-order chi connectivity index (χ1) is 12.3. The Balaban J connectivity index is -0.000000335. The van der Waals surface area contributed by atoms with Gasteiger partial charge in [0.2, 0.25) is 0 Å². The second kappa shape index (κ2) is 18.4. The van der Waals surface area contributed by atoms with E-state index in [-0.39, 0.29) is 11.0 Å². The minimum absolute atomic E-state index is 0. The van der Waals surface area contributed by atoms with Gasteiger partial charge in [-0.3, -0.25) is 0 Å². The lowest BCUT2D eigenvalue weighted by Gasteiger charge is -1.95. The van der Waals surface area contributed by atoms with Crippen LogP contribution in [0, 0.1) is 13.8 Å². The molecule has 2 heterocycles. The van der Waals surface area contributed by atoms with Gasteiger partial charge in [-0.15, -0.1) is 22.7 Å². The summed E-state index contributed by atoms with van der Waals surface area (Å²) in [7, 11) is 3.94. The monoisotopic (exact) mass is 438 g/mol. The number of hydrogen-bond donors (Lipinski definition) is 4. The zero-order chi connectivity index (χ0) is 19.9. The summed E-state index contributed by atoms with van der Waals surface area (Å²) in [6.45, 7) is 6.20. The summed E-state index contributed by atoms with van der Waals surface area (Å²) >= 11 is 3.48. The van der Waals surface area contributed by atoms with Crippen molar-refractivity contribution in [3.8, 4) is 0 Å². The van der Waals surface area contributed by atoms with Gasteiger partial charge in [-0.25, -0.2) is 19.6 Å². The van der Waals surface area contributed by atoms with Gasteiger partial charge in [0, 0.05) is 9.75 Å². The van der Waals surface area contributed by atoms with E-state index in [2.05, 4.69) is 34.4 Å². The predicted octanol–water partition coefficient (Wildman–Crippen LogP) is -0.0670. The number of carboxylic acid groups (broad SMARTS) is 2. The van der Waals surface area contributed by atoms with Crippen molar-refractivity contribution in [2.24, 2.45) is 0 Å². The van der Waals surface area contributed by atoms with E-state index in [9.17, 15) is 0 Å². The lowest BCUT2D eigenvalue weighted by molar-refractivity contribution is -0.159. The van der Waals surface area contributed by atoms with E-state index in [4.69, 9.17) is 19.8 Å². The van der Waals surface area contributed by atoms with Gasteiger partial charge in [-0.05, 0) is 53.9 Å². The fraction of sp³-hybridized carbons (Fsp3) is 0.500. The highest BCUT2D eigenvalue weighted by Crippen LogP contribution is 2.12. The molecule has 2 rings (SSSR count). The number of hydrogen-bond acceptors (Lipinski definition) is 8.